The normalized spacial score (nSPS) is 52.0. The Balaban J connectivity index is 1.74. The Morgan fingerprint density at radius 1 is 1.16 bits per heavy atom. The lowest BCUT2D eigenvalue weighted by molar-refractivity contribution is -0.168. The van der Waals surface area contributed by atoms with Gasteiger partial charge in [0.25, 0.3) is 0 Å². The lowest BCUT2D eigenvalue weighted by Crippen LogP contribution is -2.59. The average molecular weight is 346 g/mol. The molecule has 4 aliphatic rings. The minimum absolute atomic E-state index is 0.0178. The lowest BCUT2D eigenvalue weighted by Gasteiger charge is -2.60. The van der Waals surface area contributed by atoms with Crippen LogP contribution in [0, 0.1) is 28.6 Å². The summed E-state index contributed by atoms with van der Waals surface area (Å²) in [7, 11) is 0. The van der Waals surface area contributed by atoms with Gasteiger partial charge < -0.3 is 10.2 Å². The molecule has 0 amide bonds. The van der Waals surface area contributed by atoms with Crippen molar-refractivity contribution in [2.75, 3.05) is 0 Å². The van der Waals surface area contributed by atoms with Crippen molar-refractivity contribution in [1.82, 2.24) is 0 Å². The van der Waals surface area contributed by atoms with Gasteiger partial charge in [0.15, 0.2) is 11.6 Å². The molecule has 2 N–H and O–H groups in total. The third-order valence-corrected chi connectivity index (χ3v) is 8.72. The molecule has 0 radical (unpaired) electrons. The van der Waals surface area contributed by atoms with E-state index >= 15 is 0 Å². The van der Waals surface area contributed by atoms with Gasteiger partial charge >= 0.3 is 0 Å². The Morgan fingerprint density at radius 2 is 1.84 bits per heavy atom. The summed E-state index contributed by atoms with van der Waals surface area (Å²) in [5.74, 6) is 0.679. The second-order valence-corrected chi connectivity index (χ2v) is 9.53. The number of aliphatic hydroxyl groups excluding tert-OH is 1. The highest BCUT2D eigenvalue weighted by atomic mass is 16.3. The van der Waals surface area contributed by atoms with Crippen LogP contribution in [-0.2, 0) is 9.59 Å². The summed E-state index contributed by atoms with van der Waals surface area (Å²) in [5.41, 5.74) is -0.581. The first-order valence-corrected chi connectivity index (χ1v) is 9.79. The van der Waals surface area contributed by atoms with Gasteiger partial charge in [-0.05, 0) is 74.7 Å². The van der Waals surface area contributed by atoms with Crippen LogP contribution in [-0.4, -0.2) is 33.5 Å². The smallest absolute Gasteiger partial charge is 0.161 e. The predicted molar refractivity (Wildman–Crippen MR) is 93.7 cm³/mol. The third kappa shape index (κ3) is 2.07. The van der Waals surface area contributed by atoms with E-state index in [9.17, 15) is 19.8 Å². The monoisotopic (exact) mass is 346 g/mol. The predicted octanol–water partition coefficient (Wildman–Crippen LogP) is 2.81. The van der Waals surface area contributed by atoms with Gasteiger partial charge in [-0.3, -0.25) is 9.59 Å². The molecule has 4 heteroatoms. The van der Waals surface area contributed by atoms with Crippen LogP contribution < -0.4 is 0 Å². The van der Waals surface area contributed by atoms with Crippen LogP contribution in [0.1, 0.15) is 65.7 Å². The van der Waals surface area contributed by atoms with Gasteiger partial charge in [-0.2, -0.15) is 0 Å². The maximum Gasteiger partial charge on any atom is 0.161 e. The van der Waals surface area contributed by atoms with Crippen LogP contribution >= 0.6 is 0 Å². The number of carbonyl (C=O) groups is 2. The van der Waals surface area contributed by atoms with Crippen LogP contribution in [0.4, 0.5) is 0 Å². The van der Waals surface area contributed by atoms with E-state index in [1.165, 1.54) is 6.92 Å². The van der Waals surface area contributed by atoms with Crippen molar-refractivity contribution in [3.63, 3.8) is 0 Å². The van der Waals surface area contributed by atoms with Crippen molar-refractivity contribution >= 4 is 11.6 Å². The van der Waals surface area contributed by atoms with Gasteiger partial charge in [0.05, 0.1) is 6.10 Å². The summed E-state index contributed by atoms with van der Waals surface area (Å²) < 4.78 is 0. The fourth-order valence-corrected chi connectivity index (χ4v) is 7.12. The van der Waals surface area contributed by atoms with Crippen molar-refractivity contribution in [3.05, 3.63) is 11.6 Å². The average Bonchev–Trinajstić information content (AvgIpc) is 2.82. The van der Waals surface area contributed by atoms with Crippen LogP contribution in [0.5, 0.6) is 0 Å². The molecule has 1 unspecified atom stereocenters. The SMILES string of the molecule is CC(=O)[C@@]1(O)CC[C@H]2[C@@H]3C(O)CC4=CC(=O)CC[C@]4(C)[C@H]3CC[C@@]21C. The first kappa shape index (κ1) is 17.4. The molecular weight excluding hydrogens is 316 g/mol. The van der Waals surface area contributed by atoms with E-state index in [0.717, 1.165) is 31.3 Å². The molecule has 0 saturated heterocycles. The molecule has 4 nitrogen and oxygen atoms in total. The first-order chi connectivity index (χ1) is 11.6. The molecule has 7 atom stereocenters. The van der Waals surface area contributed by atoms with Gasteiger partial charge in [-0.15, -0.1) is 0 Å². The molecule has 0 spiro atoms. The zero-order chi connectivity index (χ0) is 18.2. The number of hydrogen-bond donors (Lipinski definition) is 2. The Labute approximate surface area is 149 Å². The highest BCUT2D eigenvalue weighted by Crippen LogP contribution is 2.67. The van der Waals surface area contributed by atoms with Crippen molar-refractivity contribution in [1.29, 1.82) is 0 Å². The largest absolute Gasteiger partial charge is 0.392 e. The van der Waals surface area contributed by atoms with Crippen molar-refractivity contribution in [2.45, 2.75) is 77.4 Å². The van der Waals surface area contributed by atoms with E-state index in [2.05, 4.69) is 13.8 Å². The number of ketones is 2. The molecule has 3 fully saturated rings. The Hall–Kier alpha value is -1.00. The van der Waals surface area contributed by atoms with Crippen molar-refractivity contribution < 1.29 is 19.8 Å². The molecule has 25 heavy (non-hydrogen) atoms. The summed E-state index contributed by atoms with van der Waals surface area (Å²) in [5, 5.41) is 22.1. The number of rotatable bonds is 1. The zero-order valence-corrected chi connectivity index (χ0v) is 15.5. The zero-order valence-electron chi connectivity index (χ0n) is 15.5. The van der Waals surface area contributed by atoms with Gasteiger partial charge in [-0.1, -0.05) is 19.4 Å². The first-order valence-electron chi connectivity index (χ1n) is 9.79. The van der Waals surface area contributed by atoms with Gasteiger partial charge in [-0.25, -0.2) is 0 Å². The third-order valence-electron chi connectivity index (χ3n) is 8.72. The minimum atomic E-state index is -1.25. The van der Waals surface area contributed by atoms with Crippen LogP contribution in [0.25, 0.3) is 0 Å². The highest BCUT2D eigenvalue weighted by molar-refractivity contribution is 5.91. The van der Waals surface area contributed by atoms with Gasteiger partial charge in [0.2, 0.25) is 0 Å². The molecule has 0 heterocycles. The second-order valence-electron chi connectivity index (χ2n) is 9.53. The Bertz CT molecular complexity index is 667. The summed E-state index contributed by atoms with van der Waals surface area (Å²) in [4.78, 5) is 24.1. The molecule has 3 saturated carbocycles. The molecule has 138 valence electrons. The molecule has 0 aromatic rings. The lowest BCUT2D eigenvalue weighted by atomic mass is 9.45. The summed E-state index contributed by atoms with van der Waals surface area (Å²) in [6.07, 6.45) is 6.38. The number of Topliss-reactive ketones (excluding diaryl/α,β-unsaturated/α-hetero) is 1. The fraction of sp³-hybridized carbons (Fsp3) is 0.810. The maximum absolute atomic E-state index is 12.2. The van der Waals surface area contributed by atoms with Crippen LogP contribution in [0.15, 0.2) is 11.6 Å². The molecule has 4 rings (SSSR count). The summed E-state index contributed by atoms with van der Waals surface area (Å²) in [6.45, 7) is 5.84. The molecule has 0 aromatic carbocycles. The van der Waals surface area contributed by atoms with E-state index in [4.69, 9.17) is 0 Å². The van der Waals surface area contributed by atoms with E-state index < -0.39 is 17.1 Å². The van der Waals surface area contributed by atoms with Crippen LogP contribution in [0.3, 0.4) is 0 Å². The number of fused-ring (bicyclic) bond motifs is 5. The molecule has 4 aliphatic carbocycles. The van der Waals surface area contributed by atoms with E-state index in [0.29, 0.717) is 25.2 Å². The summed E-state index contributed by atoms with van der Waals surface area (Å²) >= 11 is 0. The van der Waals surface area contributed by atoms with Gasteiger partial charge in [0.1, 0.15) is 5.60 Å². The van der Waals surface area contributed by atoms with Crippen molar-refractivity contribution in [3.8, 4) is 0 Å². The molecule has 0 aromatic heterocycles. The Kier molecular flexibility index (Phi) is 3.66. The van der Waals surface area contributed by atoms with Crippen LogP contribution in [0.2, 0.25) is 0 Å². The van der Waals surface area contributed by atoms with E-state index in [-0.39, 0.29) is 28.8 Å². The quantitative estimate of drug-likeness (QED) is 0.766. The summed E-state index contributed by atoms with van der Waals surface area (Å²) in [6, 6.07) is 0. The van der Waals surface area contributed by atoms with E-state index in [1.807, 2.05) is 0 Å². The standard InChI is InChI=1S/C21H30O4/c1-12(22)21(25)9-6-16-18-15(5-8-20(16,21)3)19(2)7-4-14(23)10-13(19)11-17(18)24/h10,15-18,24-25H,4-9,11H2,1-3H3/t15-,16-,17?,18+,19-,20-,21-/m0/s1. The topological polar surface area (TPSA) is 74.6 Å². The molecule has 0 aliphatic heterocycles. The number of carbonyl (C=O) groups excluding carboxylic acids is 2. The van der Waals surface area contributed by atoms with E-state index in [1.54, 1.807) is 6.08 Å². The molecule has 0 bridgehead atoms. The fourth-order valence-electron chi connectivity index (χ4n) is 7.12. The highest BCUT2D eigenvalue weighted by Gasteiger charge is 2.66. The number of aliphatic hydroxyl groups is 2. The second kappa shape index (κ2) is 5.26. The van der Waals surface area contributed by atoms with Crippen molar-refractivity contribution in [2.24, 2.45) is 28.6 Å². The minimum Gasteiger partial charge on any atom is -0.392 e. The number of hydrogen-bond acceptors (Lipinski definition) is 4. The maximum atomic E-state index is 12.2. The van der Waals surface area contributed by atoms with Gasteiger partial charge in [0, 0.05) is 11.8 Å². The molecular formula is C21H30O4. The Morgan fingerprint density at radius 3 is 2.52 bits per heavy atom.